The van der Waals surface area contributed by atoms with Gasteiger partial charge in [0, 0.05) is 26.1 Å². The van der Waals surface area contributed by atoms with Crippen LogP contribution in [0.1, 0.15) is 58.8 Å². The van der Waals surface area contributed by atoms with Crippen LogP contribution in [0.15, 0.2) is 0 Å². The summed E-state index contributed by atoms with van der Waals surface area (Å²) in [5.74, 6) is 0.384. The van der Waals surface area contributed by atoms with Gasteiger partial charge in [-0.05, 0) is 38.5 Å². The lowest BCUT2D eigenvalue weighted by molar-refractivity contribution is -0.144. The first-order valence-corrected chi connectivity index (χ1v) is 8.28. The Morgan fingerprint density at radius 1 is 1.23 bits per heavy atom. The number of nitrogens with one attached hydrogen (secondary N) is 1. The molecule has 0 aromatic heterocycles. The molecule has 3 N–H and O–H groups in total. The zero-order chi connectivity index (χ0) is 15.5. The minimum Gasteiger partial charge on any atom is -0.342 e. The maximum Gasteiger partial charge on any atom is 0.248 e. The quantitative estimate of drug-likeness (QED) is 0.828. The van der Waals surface area contributed by atoms with Gasteiger partial charge in [-0.25, -0.2) is 0 Å². The largest absolute Gasteiger partial charge is 0.342 e. The SMILES string of the molecule is CC(=O)NC1(C(=O)N2CCCC(C(C)N)C2)CCCCC1.Cl. The summed E-state index contributed by atoms with van der Waals surface area (Å²) in [4.78, 5) is 26.6. The molecule has 2 atom stereocenters. The third-order valence-corrected chi connectivity index (χ3v) is 5.02. The molecule has 0 aromatic carbocycles. The molecule has 2 fully saturated rings. The Labute approximate surface area is 139 Å². The maximum atomic E-state index is 13.0. The van der Waals surface area contributed by atoms with E-state index in [0.717, 1.165) is 58.0 Å². The van der Waals surface area contributed by atoms with Crippen molar-refractivity contribution in [3.8, 4) is 0 Å². The number of piperidine rings is 1. The van der Waals surface area contributed by atoms with E-state index in [1.807, 2.05) is 11.8 Å². The Morgan fingerprint density at radius 3 is 2.41 bits per heavy atom. The van der Waals surface area contributed by atoms with Crippen molar-refractivity contribution in [3.63, 3.8) is 0 Å². The summed E-state index contributed by atoms with van der Waals surface area (Å²) in [6.45, 7) is 5.05. The normalized spacial score (nSPS) is 25.8. The number of halogens is 1. The van der Waals surface area contributed by atoms with Gasteiger partial charge in [0.15, 0.2) is 0 Å². The summed E-state index contributed by atoms with van der Waals surface area (Å²) in [5.41, 5.74) is 5.35. The standard InChI is InChI=1S/C16H29N3O2.ClH/c1-12(17)14-7-6-10-19(11-14)15(21)16(18-13(2)20)8-4-3-5-9-16;/h12,14H,3-11,17H2,1-2H3,(H,18,20);1H. The zero-order valence-electron chi connectivity index (χ0n) is 13.8. The Hall–Kier alpha value is -0.810. The third-order valence-electron chi connectivity index (χ3n) is 5.02. The van der Waals surface area contributed by atoms with E-state index in [1.54, 1.807) is 0 Å². The molecule has 128 valence electrons. The fraction of sp³-hybridized carbons (Fsp3) is 0.875. The first kappa shape index (κ1) is 19.2. The lowest BCUT2D eigenvalue weighted by atomic mass is 9.79. The number of nitrogens with zero attached hydrogens (tertiary/aromatic N) is 1. The highest BCUT2D eigenvalue weighted by Crippen LogP contribution is 2.32. The number of carbonyl (C=O) groups is 2. The van der Waals surface area contributed by atoms with Gasteiger partial charge in [-0.3, -0.25) is 9.59 Å². The predicted octanol–water partition coefficient (Wildman–Crippen LogP) is 1.83. The smallest absolute Gasteiger partial charge is 0.248 e. The van der Waals surface area contributed by atoms with Crippen LogP contribution in [0.25, 0.3) is 0 Å². The fourth-order valence-corrected chi connectivity index (χ4v) is 3.81. The molecule has 22 heavy (non-hydrogen) atoms. The molecule has 2 unspecified atom stereocenters. The molecule has 2 amide bonds. The molecule has 5 nitrogen and oxygen atoms in total. The molecule has 0 bridgehead atoms. The molecular formula is C16H30ClN3O2. The molecule has 2 rings (SSSR count). The molecule has 1 heterocycles. The lowest BCUT2D eigenvalue weighted by Crippen LogP contribution is -2.62. The summed E-state index contributed by atoms with van der Waals surface area (Å²) >= 11 is 0. The van der Waals surface area contributed by atoms with Gasteiger partial charge < -0.3 is 16.0 Å². The second-order valence-electron chi connectivity index (χ2n) is 6.84. The van der Waals surface area contributed by atoms with Gasteiger partial charge in [-0.2, -0.15) is 0 Å². The molecule has 6 heteroatoms. The molecule has 1 saturated heterocycles. The van der Waals surface area contributed by atoms with Crippen LogP contribution in [-0.2, 0) is 9.59 Å². The van der Waals surface area contributed by atoms with Crippen LogP contribution in [0.4, 0.5) is 0 Å². The first-order valence-electron chi connectivity index (χ1n) is 8.28. The van der Waals surface area contributed by atoms with E-state index in [-0.39, 0.29) is 30.3 Å². The highest BCUT2D eigenvalue weighted by molar-refractivity contribution is 5.91. The second-order valence-corrected chi connectivity index (χ2v) is 6.84. The van der Waals surface area contributed by atoms with E-state index in [4.69, 9.17) is 5.73 Å². The Morgan fingerprint density at radius 2 is 1.86 bits per heavy atom. The van der Waals surface area contributed by atoms with Crippen molar-refractivity contribution in [1.82, 2.24) is 10.2 Å². The number of hydrogen-bond acceptors (Lipinski definition) is 3. The van der Waals surface area contributed by atoms with Gasteiger partial charge >= 0.3 is 0 Å². The van der Waals surface area contributed by atoms with E-state index in [0.29, 0.717) is 5.92 Å². The number of likely N-dealkylation sites (tertiary alicyclic amines) is 1. The van der Waals surface area contributed by atoms with E-state index in [1.165, 1.54) is 6.92 Å². The van der Waals surface area contributed by atoms with E-state index >= 15 is 0 Å². The van der Waals surface area contributed by atoms with Crippen molar-refractivity contribution in [1.29, 1.82) is 0 Å². The van der Waals surface area contributed by atoms with Crippen molar-refractivity contribution in [2.75, 3.05) is 13.1 Å². The lowest BCUT2D eigenvalue weighted by Gasteiger charge is -2.43. The number of amides is 2. The number of rotatable bonds is 3. The van der Waals surface area contributed by atoms with Crippen molar-refractivity contribution in [3.05, 3.63) is 0 Å². The number of hydrogen-bond donors (Lipinski definition) is 2. The van der Waals surface area contributed by atoms with Crippen molar-refractivity contribution in [2.24, 2.45) is 11.7 Å². The minimum atomic E-state index is -0.663. The van der Waals surface area contributed by atoms with Crippen molar-refractivity contribution < 1.29 is 9.59 Å². The van der Waals surface area contributed by atoms with Crippen LogP contribution >= 0.6 is 12.4 Å². The average Bonchev–Trinajstić information content (AvgIpc) is 2.47. The average molecular weight is 332 g/mol. The topological polar surface area (TPSA) is 75.4 Å². The van der Waals surface area contributed by atoms with Crippen LogP contribution in [0.2, 0.25) is 0 Å². The van der Waals surface area contributed by atoms with Crippen molar-refractivity contribution >= 4 is 24.2 Å². The fourth-order valence-electron chi connectivity index (χ4n) is 3.81. The molecule has 1 aliphatic heterocycles. The van der Waals surface area contributed by atoms with Crippen LogP contribution in [0, 0.1) is 5.92 Å². The van der Waals surface area contributed by atoms with Crippen LogP contribution < -0.4 is 11.1 Å². The molecule has 1 saturated carbocycles. The molecule has 2 aliphatic rings. The van der Waals surface area contributed by atoms with Gasteiger partial charge in [0.1, 0.15) is 5.54 Å². The highest BCUT2D eigenvalue weighted by Gasteiger charge is 2.43. The first-order chi connectivity index (χ1) is 9.94. The van der Waals surface area contributed by atoms with Gasteiger partial charge in [0.2, 0.25) is 11.8 Å². The number of carbonyl (C=O) groups excluding carboxylic acids is 2. The second kappa shape index (κ2) is 8.16. The van der Waals surface area contributed by atoms with Crippen LogP contribution in [-0.4, -0.2) is 41.4 Å². The summed E-state index contributed by atoms with van der Waals surface area (Å²) in [5, 5.41) is 2.97. The molecule has 0 spiro atoms. The third kappa shape index (κ3) is 4.35. The molecule has 0 aromatic rings. The Bertz CT molecular complexity index is 395. The van der Waals surface area contributed by atoms with Crippen molar-refractivity contribution in [2.45, 2.75) is 70.4 Å². The molecule has 1 aliphatic carbocycles. The minimum absolute atomic E-state index is 0. The van der Waals surface area contributed by atoms with Crippen LogP contribution in [0.5, 0.6) is 0 Å². The summed E-state index contributed by atoms with van der Waals surface area (Å²) in [6.07, 6.45) is 6.81. The molecule has 0 radical (unpaired) electrons. The summed E-state index contributed by atoms with van der Waals surface area (Å²) in [7, 11) is 0. The Balaban J connectivity index is 0.00000242. The number of nitrogens with two attached hydrogens (primary N) is 1. The monoisotopic (exact) mass is 331 g/mol. The van der Waals surface area contributed by atoms with Crippen LogP contribution in [0.3, 0.4) is 0 Å². The zero-order valence-corrected chi connectivity index (χ0v) is 14.6. The van der Waals surface area contributed by atoms with E-state index < -0.39 is 5.54 Å². The van der Waals surface area contributed by atoms with Gasteiger partial charge in [0.05, 0.1) is 0 Å². The maximum absolute atomic E-state index is 13.0. The van der Waals surface area contributed by atoms with Gasteiger partial charge in [-0.1, -0.05) is 19.3 Å². The Kier molecular flexibility index (Phi) is 7.13. The van der Waals surface area contributed by atoms with E-state index in [2.05, 4.69) is 5.32 Å². The predicted molar refractivity (Wildman–Crippen MR) is 89.8 cm³/mol. The summed E-state index contributed by atoms with van der Waals surface area (Å²) in [6, 6.07) is 0.115. The van der Waals surface area contributed by atoms with Gasteiger partial charge in [-0.15, -0.1) is 12.4 Å². The highest BCUT2D eigenvalue weighted by atomic mass is 35.5. The van der Waals surface area contributed by atoms with Gasteiger partial charge in [0.25, 0.3) is 0 Å². The summed E-state index contributed by atoms with van der Waals surface area (Å²) < 4.78 is 0. The van der Waals surface area contributed by atoms with E-state index in [9.17, 15) is 9.59 Å². The molecular weight excluding hydrogens is 302 g/mol.